The van der Waals surface area contributed by atoms with E-state index in [4.69, 9.17) is 22.8 Å². The zero-order chi connectivity index (χ0) is 16.8. The Balaban J connectivity index is 0. The average Bonchev–Trinajstić information content (AvgIpc) is 2.38. The molecule has 0 atom stereocenters. The van der Waals surface area contributed by atoms with E-state index in [9.17, 15) is 0 Å². The van der Waals surface area contributed by atoms with Crippen LogP contribution in [0.2, 0.25) is 0 Å². The topological polar surface area (TPSA) is 113 Å². The molecule has 7 heteroatoms. The van der Waals surface area contributed by atoms with Gasteiger partial charge in [-0.1, -0.05) is 0 Å². The van der Waals surface area contributed by atoms with Crippen LogP contribution in [0.25, 0.3) is 0 Å². The van der Waals surface area contributed by atoms with Crippen molar-refractivity contribution in [1.29, 1.82) is 0 Å². The minimum Gasteiger partial charge on any atom is -0.870 e. The molecule has 1 heterocycles. The summed E-state index contributed by atoms with van der Waals surface area (Å²) in [5.74, 6) is 0. The van der Waals surface area contributed by atoms with Gasteiger partial charge in [-0.2, -0.15) is 0 Å². The Labute approximate surface area is 146 Å². The van der Waals surface area contributed by atoms with Gasteiger partial charge in [0.05, 0.1) is 11.2 Å². The van der Waals surface area contributed by atoms with Crippen LogP contribution in [-0.2, 0) is 11.3 Å². The van der Waals surface area contributed by atoms with E-state index in [1.54, 1.807) is 27.7 Å². The van der Waals surface area contributed by atoms with Gasteiger partial charge in [-0.05, 0) is 27.7 Å². The number of hydrogen-bond donors (Lipinski definition) is 2. The van der Waals surface area contributed by atoms with Gasteiger partial charge in [0.15, 0.2) is 0 Å². The molecule has 24 heavy (non-hydrogen) atoms. The summed E-state index contributed by atoms with van der Waals surface area (Å²) in [7, 11) is 5.72. The molecule has 0 spiro atoms. The minimum absolute atomic E-state index is 0. The number of aliphatic hydroxyl groups is 2. The summed E-state index contributed by atoms with van der Waals surface area (Å²) in [6.45, 7) is 11.0. The molecule has 0 bridgehead atoms. The van der Waals surface area contributed by atoms with Crippen molar-refractivity contribution in [1.82, 2.24) is 4.90 Å². The van der Waals surface area contributed by atoms with E-state index >= 15 is 0 Å². The number of benzene rings is 1. The third-order valence-corrected chi connectivity index (χ3v) is 3.96. The Morgan fingerprint density at radius 2 is 1.54 bits per heavy atom. The maximum absolute atomic E-state index is 9.10. The van der Waals surface area contributed by atoms with Crippen molar-refractivity contribution in [2.45, 2.75) is 45.4 Å². The Kier molecular flexibility index (Phi) is 11.4. The summed E-state index contributed by atoms with van der Waals surface area (Å²) in [6, 6.07) is 8.08. The largest absolute Gasteiger partial charge is 0.870 e. The first-order chi connectivity index (χ1) is 10.1. The summed E-state index contributed by atoms with van der Waals surface area (Å²) in [5, 5.41) is 18.2. The molecule has 0 amide bonds. The summed E-state index contributed by atoms with van der Waals surface area (Å²) in [5.41, 5.74) is 0.114. The van der Waals surface area contributed by atoms with Crippen LogP contribution < -0.4 is 5.46 Å². The Bertz CT molecular complexity index is 439. The maximum Gasteiger partial charge on any atom is -0.870 e. The van der Waals surface area contributed by atoms with Crippen LogP contribution in [-0.4, -0.2) is 71.4 Å². The Morgan fingerprint density at radius 3 is 1.96 bits per heavy atom. The molecule has 2 rings (SSSR count). The molecule has 0 aliphatic carbocycles. The second-order valence-corrected chi connectivity index (χ2v) is 6.75. The van der Waals surface area contributed by atoms with Crippen LogP contribution in [0.4, 0.5) is 0 Å². The second-order valence-electron chi connectivity index (χ2n) is 6.75. The molecule has 1 fully saturated rings. The normalized spacial score (nSPS) is 15.5. The summed E-state index contributed by atoms with van der Waals surface area (Å²) >= 11 is 0. The molecule has 6 nitrogen and oxygen atoms in total. The van der Waals surface area contributed by atoms with E-state index in [0.717, 1.165) is 38.3 Å². The summed E-state index contributed by atoms with van der Waals surface area (Å²) in [4.78, 5) is 2.39. The molecular formula is C17H30BNO5. The van der Waals surface area contributed by atoms with Crippen molar-refractivity contribution in [3.63, 3.8) is 0 Å². The fraction of sp³-hybridized carbons (Fsp3) is 0.647. The number of rotatable bonds is 3. The molecule has 1 aliphatic rings. The molecule has 1 saturated heterocycles. The zero-order valence-electron chi connectivity index (χ0n) is 15.1. The Hall–Kier alpha value is -0.955. The van der Waals surface area contributed by atoms with Gasteiger partial charge in [-0.25, -0.2) is 0 Å². The third-order valence-electron chi connectivity index (χ3n) is 3.96. The van der Waals surface area contributed by atoms with Gasteiger partial charge in [0, 0.05) is 0 Å². The van der Waals surface area contributed by atoms with Crippen molar-refractivity contribution in [2.75, 3.05) is 26.3 Å². The van der Waals surface area contributed by atoms with Crippen LogP contribution in [0.5, 0.6) is 0 Å². The fourth-order valence-corrected chi connectivity index (χ4v) is 1.71. The number of hydrogen-bond acceptors (Lipinski definition) is 6. The van der Waals surface area contributed by atoms with Gasteiger partial charge < -0.3 is 21.2 Å². The average molecular weight is 339 g/mol. The van der Waals surface area contributed by atoms with Crippen LogP contribution >= 0.6 is 0 Å². The zero-order valence-corrected chi connectivity index (χ0v) is 15.1. The van der Waals surface area contributed by atoms with Crippen molar-refractivity contribution < 1.29 is 25.9 Å². The van der Waals surface area contributed by atoms with Gasteiger partial charge in [-0.3, -0.25) is 0 Å². The maximum atomic E-state index is 9.10. The molecule has 0 radical (unpaired) electrons. The molecule has 0 unspecified atom stereocenters. The Morgan fingerprint density at radius 1 is 1.04 bits per heavy atom. The molecule has 1 aliphatic heterocycles. The van der Waals surface area contributed by atoms with Gasteiger partial charge >= 0.3 is 85.6 Å². The second kappa shape index (κ2) is 10.8. The molecule has 1 aromatic carbocycles. The van der Waals surface area contributed by atoms with E-state index in [0.29, 0.717) is 0 Å². The summed E-state index contributed by atoms with van der Waals surface area (Å²) < 4.78 is 5.29. The van der Waals surface area contributed by atoms with Crippen molar-refractivity contribution in [3.8, 4) is 0 Å². The number of morpholine rings is 1. The van der Waals surface area contributed by atoms with E-state index < -0.39 is 11.2 Å². The predicted octanol–water partition coefficient (Wildman–Crippen LogP) is 0.487. The predicted molar refractivity (Wildman–Crippen MR) is 94.4 cm³/mol. The first-order valence-electron chi connectivity index (χ1n) is 7.69. The van der Waals surface area contributed by atoms with Gasteiger partial charge in [-0.15, -0.1) is 0 Å². The van der Waals surface area contributed by atoms with Crippen LogP contribution in [0.1, 0.15) is 33.3 Å². The summed E-state index contributed by atoms with van der Waals surface area (Å²) in [6.07, 6.45) is 0. The number of nitrogens with zero attached hydrogens (tertiary/aromatic N) is 1. The van der Waals surface area contributed by atoms with E-state index in [1.807, 2.05) is 18.2 Å². The molecule has 0 saturated carbocycles. The standard InChI is InChI=1S/C11H14BNO.C6H14O2.2H2O/c12-11-3-1-2-10(8-11)9-13-4-6-14-7-5-13;1-5(2,7)6(3,4)8;;/h1-3,8H,4-7,9H2;7-8H,1-4H3;2*1H2/q+2;;;/p-2. The van der Waals surface area contributed by atoms with Crippen LogP contribution in [0, 0.1) is 0 Å². The van der Waals surface area contributed by atoms with Crippen LogP contribution in [0.15, 0.2) is 24.3 Å². The molecular weight excluding hydrogens is 309 g/mol. The molecule has 0 aromatic heterocycles. The van der Waals surface area contributed by atoms with Crippen molar-refractivity contribution in [3.05, 3.63) is 29.8 Å². The van der Waals surface area contributed by atoms with E-state index in [2.05, 4.69) is 11.0 Å². The fourth-order valence-electron chi connectivity index (χ4n) is 1.71. The van der Waals surface area contributed by atoms with Crippen molar-refractivity contribution >= 4 is 13.3 Å². The molecule has 4 N–H and O–H groups in total. The molecule has 1 aromatic rings. The SMILES string of the molecule is CC(C)(O)C(C)(C)O.[B+2]c1cccc(CN2CCOCC2)c1.[OH-].[OH-]. The van der Waals surface area contributed by atoms with E-state index in [1.165, 1.54) is 5.56 Å². The first-order valence-corrected chi connectivity index (χ1v) is 7.69. The third kappa shape index (κ3) is 9.37. The minimum atomic E-state index is -1.01. The van der Waals surface area contributed by atoms with E-state index in [-0.39, 0.29) is 11.0 Å². The number of ether oxygens (including phenoxy) is 1. The smallest absolute Gasteiger partial charge is 0.870 e. The quantitative estimate of drug-likeness (QED) is 0.775. The monoisotopic (exact) mass is 339 g/mol. The van der Waals surface area contributed by atoms with Crippen LogP contribution in [0.3, 0.4) is 0 Å². The van der Waals surface area contributed by atoms with Gasteiger partial charge in [0.25, 0.3) is 0 Å². The molecule has 136 valence electrons. The van der Waals surface area contributed by atoms with Gasteiger partial charge in [0.2, 0.25) is 0 Å². The van der Waals surface area contributed by atoms with Crippen molar-refractivity contribution in [2.24, 2.45) is 0 Å². The van der Waals surface area contributed by atoms with Gasteiger partial charge in [0.1, 0.15) is 0 Å². The first kappa shape index (κ1) is 25.3.